The topological polar surface area (TPSA) is 75.4 Å². The van der Waals surface area contributed by atoms with Crippen molar-refractivity contribution in [2.45, 2.75) is 36.6 Å². The fraction of sp³-hybridized carbons (Fsp3) is 0.571. The molecule has 3 N–H and O–H groups in total. The van der Waals surface area contributed by atoms with Crippen molar-refractivity contribution in [1.29, 1.82) is 0 Å². The fourth-order valence-electron chi connectivity index (χ4n) is 2.60. The second-order valence-electron chi connectivity index (χ2n) is 5.94. The molecule has 5 nitrogen and oxygen atoms in total. The predicted octanol–water partition coefficient (Wildman–Crippen LogP) is 1.99. The van der Waals surface area contributed by atoms with Gasteiger partial charge in [0.15, 0.2) is 0 Å². The Balaban J connectivity index is 2.19. The first-order valence-electron chi connectivity index (χ1n) is 6.91. The summed E-state index contributed by atoms with van der Waals surface area (Å²) in [6, 6.07) is 2.95. The third kappa shape index (κ3) is 3.18. The number of nitrogens with zero attached hydrogens (tertiary/aromatic N) is 1. The summed E-state index contributed by atoms with van der Waals surface area (Å²) in [7, 11) is 0.388. The molecule has 0 radical (unpaired) electrons. The first kappa shape index (κ1) is 16.5. The van der Waals surface area contributed by atoms with Crippen molar-refractivity contribution in [1.82, 2.24) is 9.62 Å². The minimum atomic E-state index is -3.58. The highest BCUT2D eigenvalue weighted by Gasteiger charge is 2.39. The van der Waals surface area contributed by atoms with Crippen LogP contribution < -0.4 is 10.5 Å². The Labute approximate surface area is 131 Å². The lowest BCUT2D eigenvalue weighted by Gasteiger charge is -2.47. The monoisotopic (exact) mass is 331 g/mol. The second kappa shape index (κ2) is 5.76. The molecule has 0 bridgehead atoms. The van der Waals surface area contributed by atoms with Gasteiger partial charge in [0.25, 0.3) is 0 Å². The van der Waals surface area contributed by atoms with Crippen molar-refractivity contribution in [2.75, 3.05) is 26.4 Å². The van der Waals surface area contributed by atoms with Gasteiger partial charge in [-0.05, 0) is 58.0 Å². The molecule has 0 amide bonds. The summed E-state index contributed by atoms with van der Waals surface area (Å²) >= 11 is 5.98. The molecular weight excluding hydrogens is 310 g/mol. The smallest absolute Gasteiger partial charge is 0.240 e. The Morgan fingerprint density at radius 2 is 2.00 bits per heavy atom. The molecule has 21 heavy (non-hydrogen) atoms. The molecule has 7 heteroatoms. The summed E-state index contributed by atoms with van der Waals surface area (Å²) in [6.07, 6.45) is 3.14. The molecule has 0 aliphatic heterocycles. The zero-order chi connectivity index (χ0) is 15.8. The van der Waals surface area contributed by atoms with E-state index in [4.69, 9.17) is 17.3 Å². The molecule has 0 unspecified atom stereocenters. The SMILES string of the molecule is Cc1cc(S(=O)(=O)NCC2(N(C)C)CCC2)cc(N)c1Cl. The fourth-order valence-corrected chi connectivity index (χ4v) is 3.95. The van der Waals surface area contributed by atoms with E-state index < -0.39 is 10.0 Å². The predicted molar refractivity (Wildman–Crippen MR) is 86.1 cm³/mol. The van der Waals surface area contributed by atoms with Crippen molar-refractivity contribution < 1.29 is 8.42 Å². The van der Waals surface area contributed by atoms with Crippen LogP contribution in [-0.4, -0.2) is 39.5 Å². The van der Waals surface area contributed by atoms with Gasteiger partial charge in [-0.2, -0.15) is 0 Å². The molecule has 0 spiro atoms. The molecule has 1 aromatic rings. The Morgan fingerprint density at radius 3 is 2.43 bits per heavy atom. The summed E-state index contributed by atoms with van der Waals surface area (Å²) in [6.45, 7) is 2.15. The highest BCUT2D eigenvalue weighted by Crippen LogP contribution is 2.36. The van der Waals surface area contributed by atoms with E-state index in [9.17, 15) is 8.42 Å². The van der Waals surface area contributed by atoms with E-state index in [0.717, 1.165) is 19.3 Å². The van der Waals surface area contributed by atoms with E-state index in [0.29, 0.717) is 17.1 Å². The van der Waals surface area contributed by atoms with Gasteiger partial charge in [0.05, 0.1) is 15.6 Å². The van der Waals surface area contributed by atoms with E-state index in [1.165, 1.54) is 6.07 Å². The lowest BCUT2D eigenvalue weighted by Crippen LogP contribution is -2.57. The molecule has 1 saturated carbocycles. The minimum Gasteiger partial charge on any atom is -0.397 e. The lowest BCUT2D eigenvalue weighted by atomic mass is 9.76. The third-order valence-electron chi connectivity index (χ3n) is 4.39. The van der Waals surface area contributed by atoms with Crippen LogP contribution in [0.5, 0.6) is 0 Å². The van der Waals surface area contributed by atoms with Gasteiger partial charge < -0.3 is 10.6 Å². The molecule has 118 valence electrons. The number of aryl methyl sites for hydroxylation is 1. The van der Waals surface area contributed by atoms with E-state index in [-0.39, 0.29) is 16.1 Å². The average Bonchev–Trinajstić information content (AvgIpc) is 2.33. The minimum absolute atomic E-state index is 0.0694. The number of nitrogens with one attached hydrogen (secondary N) is 1. The lowest BCUT2D eigenvalue weighted by molar-refractivity contribution is 0.0657. The number of nitrogens with two attached hydrogens (primary N) is 1. The first-order chi connectivity index (χ1) is 9.68. The molecule has 1 aliphatic rings. The number of hydrogen-bond acceptors (Lipinski definition) is 4. The van der Waals surface area contributed by atoms with Gasteiger partial charge in [-0.15, -0.1) is 0 Å². The van der Waals surface area contributed by atoms with E-state index in [1.807, 2.05) is 14.1 Å². The van der Waals surface area contributed by atoms with Crippen LogP contribution in [0.25, 0.3) is 0 Å². The van der Waals surface area contributed by atoms with Crippen LogP contribution >= 0.6 is 11.6 Å². The van der Waals surface area contributed by atoms with E-state index in [1.54, 1.807) is 13.0 Å². The highest BCUT2D eigenvalue weighted by atomic mass is 35.5. The van der Waals surface area contributed by atoms with Gasteiger partial charge in [-0.1, -0.05) is 11.6 Å². The Bertz CT molecular complexity index is 617. The normalized spacial score (nSPS) is 17.8. The summed E-state index contributed by atoms with van der Waals surface area (Å²) < 4.78 is 27.6. The van der Waals surface area contributed by atoms with Crippen LogP contribution in [-0.2, 0) is 10.0 Å². The molecule has 2 rings (SSSR count). The molecule has 0 saturated heterocycles. The van der Waals surface area contributed by atoms with Crippen molar-refractivity contribution in [2.24, 2.45) is 0 Å². The van der Waals surface area contributed by atoms with Gasteiger partial charge in [-0.25, -0.2) is 13.1 Å². The number of anilines is 1. The average molecular weight is 332 g/mol. The molecule has 0 heterocycles. The van der Waals surface area contributed by atoms with Gasteiger partial charge in [0.2, 0.25) is 10.0 Å². The van der Waals surface area contributed by atoms with Gasteiger partial charge in [-0.3, -0.25) is 0 Å². The van der Waals surface area contributed by atoms with Crippen molar-refractivity contribution in [3.63, 3.8) is 0 Å². The zero-order valence-electron chi connectivity index (χ0n) is 12.6. The second-order valence-corrected chi connectivity index (χ2v) is 8.09. The number of benzene rings is 1. The maximum atomic E-state index is 12.4. The first-order valence-corrected chi connectivity index (χ1v) is 8.77. The third-order valence-corrected chi connectivity index (χ3v) is 6.29. The van der Waals surface area contributed by atoms with Crippen LogP contribution in [0, 0.1) is 6.92 Å². The largest absolute Gasteiger partial charge is 0.397 e. The maximum Gasteiger partial charge on any atom is 0.240 e. The summed E-state index contributed by atoms with van der Waals surface area (Å²) in [4.78, 5) is 2.26. The van der Waals surface area contributed by atoms with Crippen molar-refractivity contribution in [3.8, 4) is 0 Å². The summed E-state index contributed by atoms with van der Waals surface area (Å²) in [5.41, 5.74) is 6.62. The number of hydrogen-bond donors (Lipinski definition) is 2. The Hall–Kier alpha value is -0.820. The van der Waals surface area contributed by atoms with Crippen LogP contribution in [0.3, 0.4) is 0 Å². The quantitative estimate of drug-likeness (QED) is 0.809. The van der Waals surface area contributed by atoms with Crippen LogP contribution in [0.15, 0.2) is 17.0 Å². The number of rotatable bonds is 5. The number of likely N-dealkylation sites (N-methyl/N-ethyl adjacent to an activating group) is 1. The Kier molecular flexibility index (Phi) is 4.54. The van der Waals surface area contributed by atoms with E-state index >= 15 is 0 Å². The van der Waals surface area contributed by atoms with Crippen molar-refractivity contribution in [3.05, 3.63) is 22.7 Å². The number of sulfonamides is 1. The molecule has 1 aromatic carbocycles. The highest BCUT2D eigenvalue weighted by molar-refractivity contribution is 7.89. The molecule has 1 fully saturated rings. The standard InChI is InChI=1S/C14H22ClN3O2S/c1-10-7-11(8-12(16)13(10)15)21(19,20)17-9-14(18(2)3)5-4-6-14/h7-8,17H,4-6,9,16H2,1-3H3. The number of halogens is 1. The Morgan fingerprint density at radius 1 is 1.38 bits per heavy atom. The van der Waals surface area contributed by atoms with Crippen molar-refractivity contribution >= 4 is 27.3 Å². The molecule has 0 aromatic heterocycles. The zero-order valence-corrected chi connectivity index (χ0v) is 14.2. The number of nitrogen functional groups attached to an aromatic ring is 1. The van der Waals surface area contributed by atoms with Crippen LogP contribution in [0.2, 0.25) is 5.02 Å². The van der Waals surface area contributed by atoms with E-state index in [2.05, 4.69) is 9.62 Å². The summed E-state index contributed by atoms with van der Waals surface area (Å²) in [5, 5.41) is 0.401. The van der Waals surface area contributed by atoms with Crippen LogP contribution in [0.1, 0.15) is 24.8 Å². The molecular formula is C14H22ClN3O2S. The molecule has 0 atom stereocenters. The molecule has 1 aliphatic carbocycles. The van der Waals surface area contributed by atoms with Gasteiger partial charge in [0, 0.05) is 12.1 Å². The van der Waals surface area contributed by atoms with Gasteiger partial charge >= 0.3 is 0 Å². The van der Waals surface area contributed by atoms with Gasteiger partial charge in [0.1, 0.15) is 0 Å². The van der Waals surface area contributed by atoms with Crippen LogP contribution in [0.4, 0.5) is 5.69 Å². The maximum absolute atomic E-state index is 12.4. The summed E-state index contributed by atoms with van der Waals surface area (Å²) in [5.74, 6) is 0.